The third-order valence-electron chi connectivity index (χ3n) is 5.60. The molecule has 0 spiro atoms. The summed E-state index contributed by atoms with van der Waals surface area (Å²) in [5.74, 6) is 0.211. The van der Waals surface area contributed by atoms with Crippen molar-refractivity contribution in [3.63, 3.8) is 0 Å². The summed E-state index contributed by atoms with van der Waals surface area (Å²) >= 11 is 6.17. The summed E-state index contributed by atoms with van der Waals surface area (Å²) in [6, 6.07) is 3.33. The molecule has 1 aromatic heterocycles. The Morgan fingerprint density at radius 1 is 1.43 bits per heavy atom. The maximum atomic E-state index is 11.3. The zero-order valence-corrected chi connectivity index (χ0v) is 13.6. The van der Waals surface area contributed by atoms with Crippen LogP contribution in [0.25, 0.3) is 10.9 Å². The number of nitrogens with zero attached hydrogens (tertiary/aromatic N) is 3. The van der Waals surface area contributed by atoms with Crippen molar-refractivity contribution in [1.82, 2.24) is 14.7 Å². The van der Waals surface area contributed by atoms with Gasteiger partial charge in [0.05, 0.1) is 17.3 Å². The molecule has 2 aromatic rings. The second-order valence-corrected chi connectivity index (χ2v) is 7.15. The van der Waals surface area contributed by atoms with Crippen LogP contribution in [0.2, 0.25) is 5.02 Å². The largest absolute Gasteiger partial charge is 0.386 e. The second-order valence-electron chi connectivity index (χ2n) is 6.72. The Bertz CT molecular complexity index is 797. The summed E-state index contributed by atoms with van der Waals surface area (Å²) in [5.41, 5.74) is 6.63. The van der Waals surface area contributed by atoms with Crippen molar-refractivity contribution in [2.45, 2.75) is 31.4 Å². The van der Waals surface area contributed by atoms with E-state index in [2.05, 4.69) is 5.10 Å². The van der Waals surface area contributed by atoms with E-state index in [1.54, 1.807) is 11.1 Å². The Kier molecular flexibility index (Phi) is 3.12. The highest BCUT2D eigenvalue weighted by Crippen LogP contribution is 2.51. The number of hydrogen-bond acceptors (Lipinski definition) is 3. The molecule has 2 aliphatic rings. The highest BCUT2D eigenvalue weighted by atomic mass is 35.5. The minimum atomic E-state index is -0.655. The van der Waals surface area contributed by atoms with E-state index in [9.17, 15) is 9.90 Å². The molecule has 0 radical (unpaired) electrons. The first kappa shape index (κ1) is 14.8. The second kappa shape index (κ2) is 4.85. The Morgan fingerprint density at radius 3 is 2.78 bits per heavy atom. The topological polar surface area (TPSA) is 84.4 Å². The Morgan fingerprint density at radius 2 is 2.13 bits per heavy atom. The van der Waals surface area contributed by atoms with Crippen LogP contribution < -0.4 is 5.73 Å². The van der Waals surface area contributed by atoms with Gasteiger partial charge in [-0.05, 0) is 37.8 Å². The van der Waals surface area contributed by atoms with Crippen LogP contribution in [-0.4, -0.2) is 38.9 Å². The zero-order valence-electron chi connectivity index (χ0n) is 12.9. The third-order valence-corrected chi connectivity index (χ3v) is 5.81. The van der Waals surface area contributed by atoms with Crippen LogP contribution in [0.15, 0.2) is 18.3 Å². The van der Waals surface area contributed by atoms with Gasteiger partial charge in [0.2, 0.25) is 0 Å². The van der Waals surface area contributed by atoms with Crippen molar-refractivity contribution >= 4 is 28.5 Å². The van der Waals surface area contributed by atoms with E-state index in [0.29, 0.717) is 18.1 Å². The minimum absolute atomic E-state index is 0.211. The maximum Gasteiger partial charge on any atom is 0.314 e. The van der Waals surface area contributed by atoms with Crippen molar-refractivity contribution in [3.05, 3.63) is 28.9 Å². The molecule has 2 amide bonds. The fourth-order valence-electron chi connectivity index (χ4n) is 4.25. The number of aliphatic hydroxyl groups excluding tert-OH is 1. The first-order valence-corrected chi connectivity index (χ1v) is 8.21. The molecule has 4 rings (SSSR count). The van der Waals surface area contributed by atoms with Gasteiger partial charge >= 0.3 is 6.03 Å². The molecule has 6 nitrogen and oxygen atoms in total. The number of aliphatic hydroxyl groups is 1. The molecule has 1 fully saturated rings. The van der Waals surface area contributed by atoms with E-state index in [-0.39, 0.29) is 11.9 Å². The number of carbonyl (C=O) groups excluding carboxylic acids is 1. The van der Waals surface area contributed by atoms with E-state index in [1.165, 1.54) is 0 Å². The van der Waals surface area contributed by atoms with Gasteiger partial charge in [-0.2, -0.15) is 5.10 Å². The lowest BCUT2D eigenvalue weighted by atomic mass is 9.75. The number of likely N-dealkylation sites (tertiary alicyclic amines) is 1. The van der Waals surface area contributed by atoms with E-state index in [1.807, 2.05) is 23.7 Å². The standard InChI is InChI=1S/C16H19ClN4O2/c1-16(10-2-4-20(5-3-10)15(18)23)14(22)12-7-11(17)6-9-8-19-21(16)13(9)12/h6-8,10,14,22H,2-5H2,1H3,(H2,18,23)/t14-,16?/m0/s1. The van der Waals surface area contributed by atoms with Crippen LogP contribution in [0.1, 0.15) is 31.4 Å². The summed E-state index contributed by atoms with van der Waals surface area (Å²) in [5, 5.41) is 17.1. The molecule has 1 unspecified atom stereocenters. The molecule has 7 heteroatoms. The quantitative estimate of drug-likeness (QED) is 0.838. The van der Waals surface area contributed by atoms with Crippen molar-refractivity contribution in [1.29, 1.82) is 0 Å². The fraction of sp³-hybridized carbons (Fsp3) is 0.500. The molecular weight excluding hydrogens is 316 g/mol. The highest BCUT2D eigenvalue weighted by Gasteiger charge is 2.50. The molecule has 3 N–H and O–H groups in total. The van der Waals surface area contributed by atoms with E-state index < -0.39 is 11.6 Å². The first-order valence-electron chi connectivity index (χ1n) is 7.83. The lowest BCUT2D eigenvalue weighted by Gasteiger charge is -2.42. The summed E-state index contributed by atoms with van der Waals surface area (Å²) in [4.78, 5) is 13.0. The van der Waals surface area contributed by atoms with Gasteiger partial charge < -0.3 is 15.7 Å². The smallest absolute Gasteiger partial charge is 0.314 e. The summed E-state index contributed by atoms with van der Waals surface area (Å²) in [7, 11) is 0. The fourth-order valence-corrected chi connectivity index (χ4v) is 4.48. The molecular formula is C16H19ClN4O2. The minimum Gasteiger partial charge on any atom is -0.386 e. The van der Waals surface area contributed by atoms with Gasteiger partial charge in [-0.1, -0.05) is 11.6 Å². The van der Waals surface area contributed by atoms with Crippen LogP contribution in [0.5, 0.6) is 0 Å². The van der Waals surface area contributed by atoms with Crippen LogP contribution in [0, 0.1) is 5.92 Å². The highest BCUT2D eigenvalue weighted by molar-refractivity contribution is 6.31. The molecule has 0 aliphatic carbocycles. The number of amides is 2. The van der Waals surface area contributed by atoms with Crippen LogP contribution in [0.4, 0.5) is 4.79 Å². The average molecular weight is 335 g/mol. The van der Waals surface area contributed by atoms with Gasteiger partial charge in [0.25, 0.3) is 0 Å². The summed E-state index contributed by atoms with van der Waals surface area (Å²) < 4.78 is 1.95. The molecule has 1 saturated heterocycles. The molecule has 3 heterocycles. The lowest BCUT2D eigenvalue weighted by molar-refractivity contribution is -0.0113. The molecule has 2 atom stereocenters. The number of urea groups is 1. The van der Waals surface area contributed by atoms with Gasteiger partial charge in [0, 0.05) is 29.1 Å². The summed E-state index contributed by atoms with van der Waals surface area (Å²) in [6.45, 7) is 3.27. The average Bonchev–Trinajstić information content (AvgIpc) is 3.04. The van der Waals surface area contributed by atoms with E-state index in [4.69, 9.17) is 17.3 Å². The van der Waals surface area contributed by atoms with Crippen molar-refractivity contribution in [3.8, 4) is 0 Å². The number of aromatic nitrogens is 2. The van der Waals surface area contributed by atoms with Gasteiger partial charge in [-0.15, -0.1) is 0 Å². The predicted octanol–water partition coefficient (Wildman–Crippen LogP) is 2.24. The number of halogens is 1. The molecule has 1 aromatic carbocycles. The zero-order chi connectivity index (χ0) is 16.4. The number of primary amides is 1. The monoisotopic (exact) mass is 334 g/mol. The van der Waals surface area contributed by atoms with E-state index in [0.717, 1.165) is 29.3 Å². The number of nitrogens with two attached hydrogens (primary N) is 1. The van der Waals surface area contributed by atoms with Crippen LogP contribution >= 0.6 is 11.6 Å². The number of carbonyl (C=O) groups is 1. The van der Waals surface area contributed by atoms with Crippen molar-refractivity contribution in [2.75, 3.05) is 13.1 Å². The lowest BCUT2D eigenvalue weighted by Crippen LogP contribution is -2.49. The Balaban J connectivity index is 1.73. The predicted molar refractivity (Wildman–Crippen MR) is 87.2 cm³/mol. The molecule has 23 heavy (non-hydrogen) atoms. The molecule has 122 valence electrons. The van der Waals surface area contributed by atoms with Crippen LogP contribution in [0.3, 0.4) is 0 Å². The molecule has 2 aliphatic heterocycles. The van der Waals surface area contributed by atoms with Gasteiger partial charge in [-0.25, -0.2) is 4.79 Å². The van der Waals surface area contributed by atoms with Crippen molar-refractivity contribution in [2.24, 2.45) is 11.7 Å². The third kappa shape index (κ3) is 1.91. The number of rotatable bonds is 1. The van der Waals surface area contributed by atoms with Gasteiger partial charge in [-0.3, -0.25) is 4.68 Å². The Hall–Kier alpha value is -1.79. The normalized spacial score (nSPS) is 27.8. The van der Waals surface area contributed by atoms with Gasteiger partial charge in [0.1, 0.15) is 6.10 Å². The SMILES string of the molecule is CC1(C2CCN(C(N)=O)CC2)[C@@H](O)c2cc(Cl)cc3cnn1c23. The number of benzene rings is 1. The Labute approximate surface area is 138 Å². The molecule has 0 bridgehead atoms. The van der Waals surface area contributed by atoms with Crippen LogP contribution in [-0.2, 0) is 5.54 Å². The van der Waals surface area contributed by atoms with Gasteiger partial charge in [0.15, 0.2) is 0 Å². The summed E-state index contributed by atoms with van der Waals surface area (Å²) in [6.07, 6.45) is 2.73. The van der Waals surface area contributed by atoms with E-state index >= 15 is 0 Å². The maximum absolute atomic E-state index is 11.3. The molecule has 0 saturated carbocycles. The number of piperidine rings is 1. The first-order chi connectivity index (χ1) is 10.9. The number of hydrogen-bond donors (Lipinski definition) is 2. The van der Waals surface area contributed by atoms with Crippen molar-refractivity contribution < 1.29 is 9.90 Å².